The van der Waals surface area contributed by atoms with Gasteiger partial charge in [0.25, 0.3) is 0 Å². The Kier molecular flexibility index (Phi) is 24.7. The van der Waals surface area contributed by atoms with Crippen LogP contribution in [0, 0.1) is 0 Å². The van der Waals surface area contributed by atoms with Crippen molar-refractivity contribution in [1.29, 1.82) is 0 Å². The average molecular weight is 1310 g/mol. The largest absolute Gasteiger partial charge is 0.508 e. The number of benzene rings is 3. The van der Waals surface area contributed by atoms with Crippen LogP contribution in [0.25, 0.3) is 12.2 Å². The summed E-state index contributed by atoms with van der Waals surface area (Å²) in [7, 11) is 0. The predicted octanol–water partition coefficient (Wildman–Crippen LogP) is -4.98. The average Bonchev–Trinajstić information content (AvgIpc) is 1.38. The Balaban J connectivity index is 1.29. The van der Waals surface area contributed by atoms with Crippen molar-refractivity contribution in [1.82, 2.24) is 0 Å². The van der Waals surface area contributed by atoms with Gasteiger partial charge in [-0.05, 0) is 59.7 Å². The molecule has 0 aromatic heterocycles. The summed E-state index contributed by atoms with van der Waals surface area (Å²) in [6, 6.07) is 17.9. The summed E-state index contributed by atoms with van der Waals surface area (Å²) in [5, 5.41) is 153. The summed E-state index contributed by atoms with van der Waals surface area (Å²) < 4.78 is 83.9. The Morgan fingerprint density at radius 2 is 0.935 bits per heavy atom. The Morgan fingerprint density at radius 3 is 1.46 bits per heavy atom. The number of carbonyl (C=O) groups excluding carboxylic acids is 5. The zero-order chi connectivity index (χ0) is 66.7. The monoisotopic (exact) mass is 1310 g/mol. The maximum atomic E-state index is 14.2. The molecule has 24 atom stereocenters. The molecule has 0 saturated carbocycles. The maximum Gasteiger partial charge on any atom is 0.338 e. The van der Waals surface area contributed by atoms with Crippen molar-refractivity contribution in [2.24, 2.45) is 0 Å². The summed E-state index contributed by atoms with van der Waals surface area (Å²) in [6.07, 6.45) is -45.2. The minimum Gasteiger partial charge on any atom is -0.508 e. The summed E-state index contributed by atoms with van der Waals surface area (Å²) >= 11 is 0. The van der Waals surface area contributed by atoms with Gasteiger partial charge in [0, 0.05) is 26.0 Å². The maximum absolute atomic E-state index is 14.2. The van der Waals surface area contributed by atoms with E-state index in [4.69, 9.17) is 66.3 Å². The van der Waals surface area contributed by atoms with E-state index in [0.29, 0.717) is 11.1 Å². The van der Waals surface area contributed by atoms with Crippen molar-refractivity contribution in [3.8, 4) is 11.5 Å². The van der Waals surface area contributed by atoms with Crippen LogP contribution in [0.3, 0.4) is 0 Å². The number of esters is 5. The third-order valence-electron chi connectivity index (χ3n) is 15.2. The van der Waals surface area contributed by atoms with E-state index >= 15 is 0 Å². The minimum atomic E-state index is -2.99. The molecule has 14 N–H and O–H groups in total. The number of hydrogen-bond donors (Lipinski definition) is 14. The first-order chi connectivity index (χ1) is 43.9. The zero-order valence-corrected chi connectivity index (χ0v) is 48.9. The molecule has 33 nitrogen and oxygen atoms in total. The molecule has 92 heavy (non-hydrogen) atoms. The highest BCUT2D eigenvalue weighted by molar-refractivity contribution is 5.90. The zero-order valence-electron chi connectivity index (χ0n) is 48.9. The van der Waals surface area contributed by atoms with Crippen LogP contribution in [0.15, 0.2) is 91.0 Å². The number of carbonyl (C=O) groups is 5. The molecule has 24 unspecified atom stereocenters. The quantitative estimate of drug-likeness (QED) is 0.0227. The molecule has 5 aliphatic heterocycles. The SMILES string of the molecule is CC(=O)OCC1OC(OC2C(OC(=O)C=Cc3ccc(O)cc3)C(CO)OC(OC3(COC(=O)C=Cc4ccc(O)cc4)OC(CO)C(O)C3OC(=O)c3ccccc3)C2OC2OC(CO)C(O)C(O)C2O)C(O)C(OC2OC(CO)C(O)C(O)C2O)C1OC(C)=O. The molecule has 5 saturated heterocycles. The van der Waals surface area contributed by atoms with Gasteiger partial charge in [0.2, 0.25) is 5.79 Å². The van der Waals surface area contributed by atoms with Crippen LogP contribution in [0.1, 0.15) is 35.3 Å². The molecule has 0 amide bonds. The Hall–Kier alpha value is -6.75. The molecule has 0 radical (unpaired) electrons. The molecule has 5 heterocycles. The highest BCUT2D eigenvalue weighted by atomic mass is 16.8. The van der Waals surface area contributed by atoms with Crippen LogP contribution in [-0.2, 0) is 85.5 Å². The van der Waals surface area contributed by atoms with E-state index in [2.05, 4.69) is 0 Å². The number of hydrogen-bond acceptors (Lipinski definition) is 33. The number of phenolic OH excluding ortho intramolecular Hbond substituents is 2. The molecular formula is C59H72O33. The van der Waals surface area contributed by atoms with Crippen LogP contribution < -0.4 is 0 Å². The second kappa shape index (κ2) is 31.9. The molecule has 5 fully saturated rings. The van der Waals surface area contributed by atoms with Crippen molar-refractivity contribution in [2.45, 2.75) is 161 Å². The van der Waals surface area contributed by atoms with E-state index in [1.165, 1.54) is 84.9 Å². The standard InChI is InChI=1S/C59H72O33/c1-26(64)79-24-37-49(81-27(2)65)50(87-55-45(75)43(73)40(70)33(20-60)82-55)47(77)57(85-37)88-51-48(86-39(69)19-13-29-10-16-32(67)17-11-29)36(23-63)84-58(52(51)89-56-46(76)44(74)41(71)34(21-61)83-56)92-59(25-80-38(68)18-12-28-8-14-31(66)15-9-28)53(42(72)35(22-62)91-59)90-54(78)30-6-4-3-5-7-30/h3-19,33-37,40-53,55-58,60-63,66-67,70-77H,20-25H2,1-2H3. The number of aliphatic hydroxyl groups is 12. The molecule has 33 heteroatoms. The number of aliphatic hydroxyl groups excluding tert-OH is 12. The first-order valence-electron chi connectivity index (χ1n) is 28.6. The molecule has 0 bridgehead atoms. The second-order valence-electron chi connectivity index (χ2n) is 21.6. The van der Waals surface area contributed by atoms with Gasteiger partial charge in [-0.3, -0.25) is 9.59 Å². The van der Waals surface area contributed by atoms with Gasteiger partial charge in [-0.2, -0.15) is 0 Å². The van der Waals surface area contributed by atoms with Crippen molar-refractivity contribution in [3.63, 3.8) is 0 Å². The minimum absolute atomic E-state index is 0.110. The van der Waals surface area contributed by atoms with E-state index in [9.17, 15) is 95.5 Å². The number of rotatable bonds is 24. The lowest BCUT2D eigenvalue weighted by atomic mass is 9.95. The summed E-state index contributed by atoms with van der Waals surface area (Å²) in [6.45, 7) is -4.72. The van der Waals surface area contributed by atoms with Gasteiger partial charge in [0.05, 0.1) is 32.0 Å². The molecule has 3 aromatic rings. The number of phenols is 2. The van der Waals surface area contributed by atoms with Gasteiger partial charge >= 0.3 is 29.8 Å². The molecule has 0 spiro atoms. The Morgan fingerprint density at radius 1 is 0.457 bits per heavy atom. The Bertz CT molecular complexity index is 2970. The number of aromatic hydroxyl groups is 2. The Labute approximate surface area is 522 Å². The van der Waals surface area contributed by atoms with Crippen LogP contribution >= 0.6 is 0 Å². The van der Waals surface area contributed by atoms with Crippen LogP contribution in [0.2, 0.25) is 0 Å². The summed E-state index contributed by atoms with van der Waals surface area (Å²) in [4.78, 5) is 67.3. The lowest BCUT2D eigenvalue weighted by Gasteiger charge is -2.51. The van der Waals surface area contributed by atoms with Crippen LogP contribution in [-0.4, -0.2) is 288 Å². The third kappa shape index (κ3) is 17.0. The molecule has 8 rings (SSSR count). The third-order valence-corrected chi connectivity index (χ3v) is 15.2. The van der Waals surface area contributed by atoms with Gasteiger partial charge < -0.3 is 138 Å². The molecule has 0 aliphatic carbocycles. The van der Waals surface area contributed by atoms with Gasteiger partial charge in [0.15, 0.2) is 43.5 Å². The summed E-state index contributed by atoms with van der Waals surface area (Å²) in [5.41, 5.74) is 0.522. The van der Waals surface area contributed by atoms with Gasteiger partial charge in [-0.15, -0.1) is 0 Å². The first kappa shape index (κ1) is 71.1. The molecule has 5 aliphatic rings. The molecule has 3 aromatic carbocycles. The highest BCUT2D eigenvalue weighted by Crippen LogP contribution is 2.43. The van der Waals surface area contributed by atoms with Gasteiger partial charge in [0.1, 0.15) is 122 Å². The fourth-order valence-electron chi connectivity index (χ4n) is 10.5. The van der Waals surface area contributed by atoms with Crippen LogP contribution in [0.4, 0.5) is 0 Å². The lowest BCUT2D eigenvalue weighted by molar-refractivity contribution is -0.423. The smallest absolute Gasteiger partial charge is 0.338 e. The summed E-state index contributed by atoms with van der Waals surface area (Å²) in [5.74, 6) is -9.00. The molecular weight excluding hydrogens is 1240 g/mol. The van der Waals surface area contributed by atoms with E-state index in [1.54, 1.807) is 6.07 Å². The second-order valence-corrected chi connectivity index (χ2v) is 21.6. The normalized spacial score (nSPS) is 36.5. The van der Waals surface area contributed by atoms with E-state index < -0.39 is 216 Å². The van der Waals surface area contributed by atoms with E-state index in [-0.39, 0.29) is 17.1 Å². The topological polar surface area (TPSA) is 498 Å². The van der Waals surface area contributed by atoms with Gasteiger partial charge in [-0.25, -0.2) is 14.4 Å². The molecule has 506 valence electrons. The lowest BCUT2D eigenvalue weighted by Crippen LogP contribution is -2.70. The number of ether oxygens (including phenoxy) is 14. The van der Waals surface area contributed by atoms with Crippen molar-refractivity contribution < 1.29 is 162 Å². The van der Waals surface area contributed by atoms with Gasteiger partial charge in [-0.1, -0.05) is 42.5 Å². The highest BCUT2D eigenvalue weighted by Gasteiger charge is 2.64. The van der Waals surface area contributed by atoms with Crippen molar-refractivity contribution in [3.05, 3.63) is 108 Å². The predicted molar refractivity (Wildman–Crippen MR) is 297 cm³/mol. The first-order valence-corrected chi connectivity index (χ1v) is 28.6. The fourth-order valence-corrected chi connectivity index (χ4v) is 10.5. The van der Waals surface area contributed by atoms with Crippen molar-refractivity contribution >= 4 is 42.0 Å². The van der Waals surface area contributed by atoms with Crippen LogP contribution in [0.5, 0.6) is 11.5 Å². The van der Waals surface area contributed by atoms with E-state index in [0.717, 1.165) is 26.0 Å². The fraction of sp³-hybridized carbons (Fsp3) is 0.542. The van der Waals surface area contributed by atoms with Crippen molar-refractivity contribution in [2.75, 3.05) is 39.6 Å². The van der Waals surface area contributed by atoms with E-state index in [1.807, 2.05) is 0 Å².